The van der Waals surface area contributed by atoms with E-state index in [0.717, 1.165) is 0 Å². The minimum atomic E-state index is -0.545. The lowest BCUT2D eigenvalue weighted by Crippen LogP contribution is -2.07. The van der Waals surface area contributed by atoms with Crippen molar-refractivity contribution >= 4 is 17.3 Å². The highest BCUT2D eigenvalue weighted by Gasteiger charge is 2.15. The van der Waals surface area contributed by atoms with Crippen LogP contribution >= 0.6 is 0 Å². The molecule has 2 heterocycles. The summed E-state index contributed by atoms with van der Waals surface area (Å²) in [5, 5.41) is 17.2. The number of anilines is 2. The van der Waals surface area contributed by atoms with E-state index in [2.05, 4.69) is 20.4 Å². The molecule has 0 fully saturated rings. The van der Waals surface area contributed by atoms with Crippen LogP contribution in [0.1, 0.15) is 11.7 Å². The van der Waals surface area contributed by atoms with E-state index in [1.165, 1.54) is 12.1 Å². The van der Waals surface area contributed by atoms with Gasteiger partial charge < -0.3 is 15.6 Å². The van der Waals surface area contributed by atoms with Crippen LogP contribution in [-0.4, -0.2) is 20.0 Å². The molecule has 0 aliphatic rings. The van der Waals surface area contributed by atoms with E-state index in [1.54, 1.807) is 6.92 Å². The number of nitro groups is 1. The molecule has 9 nitrogen and oxygen atoms in total. The van der Waals surface area contributed by atoms with Crippen LogP contribution in [0.3, 0.4) is 0 Å². The largest absolute Gasteiger partial charge is 0.384 e. The van der Waals surface area contributed by atoms with Gasteiger partial charge >= 0.3 is 5.69 Å². The Morgan fingerprint density at radius 2 is 2.28 bits per heavy atom. The van der Waals surface area contributed by atoms with Crippen LogP contribution in [0.4, 0.5) is 17.3 Å². The zero-order valence-electron chi connectivity index (χ0n) is 9.45. The molecule has 0 amide bonds. The topological polar surface area (TPSA) is 133 Å². The second kappa shape index (κ2) is 4.65. The number of pyridine rings is 1. The third kappa shape index (κ3) is 2.51. The first-order valence-electron chi connectivity index (χ1n) is 5.00. The molecule has 3 N–H and O–H groups in total. The molecule has 0 aromatic carbocycles. The zero-order chi connectivity index (χ0) is 13.1. The molecule has 0 saturated heterocycles. The maximum Gasteiger partial charge on any atom is 0.311 e. The fourth-order valence-corrected chi connectivity index (χ4v) is 1.32. The van der Waals surface area contributed by atoms with Gasteiger partial charge in [-0.3, -0.25) is 10.1 Å². The average Bonchev–Trinajstić information content (AvgIpc) is 2.72. The fraction of sp³-hybridized carbons (Fsp3) is 0.222. The number of aromatic nitrogens is 3. The van der Waals surface area contributed by atoms with E-state index >= 15 is 0 Å². The standard InChI is InChI=1S/C9H10N6O3/c1-5-12-8(14-18-5)4-11-9-6(15(16)17)2-3-7(10)13-9/h2-3H,4H2,1H3,(H3,10,11,13). The predicted octanol–water partition coefficient (Wildman–Crippen LogP) is 0.876. The smallest absolute Gasteiger partial charge is 0.311 e. The van der Waals surface area contributed by atoms with Gasteiger partial charge in [0, 0.05) is 13.0 Å². The molecule has 0 unspecified atom stereocenters. The molecule has 2 aromatic rings. The second-order valence-corrected chi connectivity index (χ2v) is 3.44. The van der Waals surface area contributed by atoms with Crippen molar-refractivity contribution in [3.8, 4) is 0 Å². The SMILES string of the molecule is Cc1nc(CNc2nc(N)ccc2[N+](=O)[O-])no1. The lowest BCUT2D eigenvalue weighted by atomic mass is 10.3. The second-order valence-electron chi connectivity index (χ2n) is 3.44. The minimum Gasteiger partial charge on any atom is -0.384 e. The van der Waals surface area contributed by atoms with Gasteiger partial charge in [0.2, 0.25) is 11.7 Å². The van der Waals surface area contributed by atoms with Gasteiger partial charge in [-0.05, 0) is 6.07 Å². The maximum absolute atomic E-state index is 10.8. The normalized spacial score (nSPS) is 10.3. The lowest BCUT2D eigenvalue weighted by molar-refractivity contribution is -0.384. The molecule has 18 heavy (non-hydrogen) atoms. The summed E-state index contributed by atoms with van der Waals surface area (Å²) in [6.45, 7) is 1.81. The Morgan fingerprint density at radius 1 is 1.50 bits per heavy atom. The van der Waals surface area contributed by atoms with E-state index in [1.807, 2.05) is 0 Å². The first-order valence-corrected chi connectivity index (χ1v) is 5.00. The summed E-state index contributed by atoms with van der Waals surface area (Å²) in [4.78, 5) is 18.0. The van der Waals surface area contributed by atoms with Gasteiger partial charge in [0.25, 0.3) is 0 Å². The molecule has 0 spiro atoms. The average molecular weight is 250 g/mol. The van der Waals surface area contributed by atoms with Crippen molar-refractivity contribution in [2.24, 2.45) is 0 Å². The van der Waals surface area contributed by atoms with Crippen LogP contribution in [0.15, 0.2) is 16.7 Å². The maximum atomic E-state index is 10.8. The number of aryl methyl sites for hydroxylation is 1. The Hall–Kier alpha value is -2.71. The number of nitrogens with zero attached hydrogens (tertiary/aromatic N) is 4. The highest BCUT2D eigenvalue weighted by Crippen LogP contribution is 2.23. The first kappa shape index (κ1) is 11.8. The van der Waals surface area contributed by atoms with Crippen molar-refractivity contribution in [2.45, 2.75) is 13.5 Å². The Morgan fingerprint density at radius 3 is 2.89 bits per heavy atom. The number of hydrogen-bond acceptors (Lipinski definition) is 8. The number of nitrogen functional groups attached to an aromatic ring is 1. The van der Waals surface area contributed by atoms with Gasteiger partial charge in [0.15, 0.2) is 5.82 Å². The summed E-state index contributed by atoms with van der Waals surface area (Å²) in [6, 6.07) is 2.65. The summed E-state index contributed by atoms with van der Waals surface area (Å²) in [6.07, 6.45) is 0. The van der Waals surface area contributed by atoms with Gasteiger partial charge in [0.1, 0.15) is 5.82 Å². The molecule has 0 aliphatic heterocycles. The van der Waals surface area contributed by atoms with Crippen LogP contribution in [-0.2, 0) is 6.54 Å². The molecule has 9 heteroatoms. The van der Waals surface area contributed by atoms with Crippen molar-refractivity contribution in [3.05, 3.63) is 34.0 Å². The number of nitrogens with two attached hydrogens (primary N) is 1. The van der Waals surface area contributed by atoms with Crippen molar-refractivity contribution in [1.82, 2.24) is 15.1 Å². The Labute approximate surface area is 101 Å². The Balaban J connectivity index is 2.17. The van der Waals surface area contributed by atoms with Crippen molar-refractivity contribution in [1.29, 1.82) is 0 Å². The van der Waals surface area contributed by atoms with Crippen molar-refractivity contribution in [2.75, 3.05) is 11.1 Å². The summed E-state index contributed by atoms with van der Waals surface area (Å²) < 4.78 is 4.77. The predicted molar refractivity (Wildman–Crippen MR) is 61.7 cm³/mol. The molecular weight excluding hydrogens is 240 g/mol. The van der Waals surface area contributed by atoms with Gasteiger partial charge in [-0.2, -0.15) is 4.98 Å². The molecule has 0 radical (unpaired) electrons. The first-order chi connectivity index (χ1) is 8.56. The van der Waals surface area contributed by atoms with Crippen LogP contribution in [0.25, 0.3) is 0 Å². The molecule has 0 bridgehead atoms. The molecule has 0 saturated carbocycles. The third-order valence-electron chi connectivity index (χ3n) is 2.08. The van der Waals surface area contributed by atoms with E-state index in [-0.39, 0.29) is 23.9 Å². The van der Waals surface area contributed by atoms with E-state index in [9.17, 15) is 10.1 Å². The highest BCUT2D eigenvalue weighted by molar-refractivity contribution is 5.59. The summed E-state index contributed by atoms with van der Waals surface area (Å²) in [5.74, 6) is 1.06. The van der Waals surface area contributed by atoms with Crippen LogP contribution in [0, 0.1) is 17.0 Å². The number of nitrogens with one attached hydrogen (secondary N) is 1. The summed E-state index contributed by atoms with van der Waals surface area (Å²) >= 11 is 0. The Bertz CT molecular complexity index is 581. The highest BCUT2D eigenvalue weighted by atomic mass is 16.6. The van der Waals surface area contributed by atoms with Gasteiger partial charge in [0.05, 0.1) is 11.5 Å². The number of rotatable bonds is 4. The molecule has 94 valence electrons. The van der Waals surface area contributed by atoms with Crippen LogP contribution in [0.5, 0.6) is 0 Å². The third-order valence-corrected chi connectivity index (χ3v) is 2.08. The van der Waals surface area contributed by atoms with Crippen LogP contribution < -0.4 is 11.1 Å². The van der Waals surface area contributed by atoms with E-state index in [0.29, 0.717) is 11.7 Å². The lowest BCUT2D eigenvalue weighted by Gasteiger charge is -2.04. The number of hydrogen-bond donors (Lipinski definition) is 2. The molecule has 0 aliphatic carbocycles. The summed E-state index contributed by atoms with van der Waals surface area (Å²) in [7, 11) is 0. The van der Waals surface area contributed by atoms with Crippen LogP contribution in [0.2, 0.25) is 0 Å². The molecule has 2 rings (SSSR count). The monoisotopic (exact) mass is 250 g/mol. The summed E-state index contributed by atoms with van der Waals surface area (Å²) in [5.41, 5.74) is 5.31. The minimum absolute atomic E-state index is 0.0717. The van der Waals surface area contributed by atoms with E-state index in [4.69, 9.17) is 10.3 Å². The van der Waals surface area contributed by atoms with Gasteiger partial charge in [-0.25, -0.2) is 4.98 Å². The zero-order valence-corrected chi connectivity index (χ0v) is 9.45. The van der Waals surface area contributed by atoms with Gasteiger partial charge in [-0.1, -0.05) is 5.16 Å². The fourth-order valence-electron chi connectivity index (χ4n) is 1.32. The quantitative estimate of drug-likeness (QED) is 0.603. The van der Waals surface area contributed by atoms with Crippen molar-refractivity contribution in [3.63, 3.8) is 0 Å². The molecule has 2 aromatic heterocycles. The Kier molecular flexibility index (Phi) is 3.04. The van der Waals surface area contributed by atoms with E-state index < -0.39 is 4.92 Å². The molecule has 0 atom stereocenters. The molecular formula is C9H10N6O3. The van der Waals surface area contributed by atoms with Gasteiger partial charge in [-0.15, -0.1) is 0 Å². The van der Waals surface area contributed by atoms with Crippen molar-refractivity contribution < 1.29 is 9.45 Å².